The lowest BCUT2D eigenvalue weighted by atomic mass is 10.2. The summed E-state index contributed by atoms with van der Waals surface area (Å²) < 4.78 is 5.39. The zero-order valence-electron chi connectivity index (χ0n) is 10.5. The Labute approximate surface area is 107 Å². The largest absolute Gasteiger partial charge is 0.487 e. The fraction of sp³-hybridized carbons (Fsp3) is 0.385. The average Bonchev–Trinajstić information content (AvgIpc) is 2.36. The van der Waals surface area contributed by atoms with Crippen LogP contribution in [-0.2, 0) is 0 Å². The Hall–Kier alpha value is -2.04. The highest BCUT2D eigenvalue weighted by Crippen LogP contribution is 2.34. The van der Waals surface area contributed by atoms with Crippen LogP contribution in [0.15, 0.2) is 30.9 Å². The van der Waals surface area contributed by atoms with E-state index in [9.17, 15) is 10.1 Å². The third-order valence-corrected chi connectivity index (χ3v) is 2.31. The number of benzene rings is 1. The summed E-state index contributed by atoms with van der Waals surface area (Å²) in [5, 5.41) is 14.1. The minimum absolute atomic E-state index is 0.00462. The van der Waals surface area contributed by atoms with E-state index in [1.165, 1.54) is 0 Å². The van der Waals surface area contributed by atoms with Crippen molar-refractivity contribution in [3.8, 4) is 5.75 Å². The van der Waals surface area contributed by atoms with Crippen LogP contribution < -0.4 is 10.1 Å². The van der Waals surface area contributed by atoms with Gasteiger partial charge in [0.1, 0.15) is 5.69 Å². The van der Waals surface area contributed by atoms with Gasteiger partial charge in [-0.3, -0.25) is 10.1 Å². The Kier molecular flexibility index (Phi) is 5.70. The third kappa shape index (κ3) is 3.76. The highest BCUT2D eigenvalue weighted by molar-refractivity contribution is 5.68. The molecule has 0 heterocycles. The smallest absolute Gasteiger partial charge is 0.333 e. The molecule has 0 aliphatic rings. The van der Waals surface area contributed by atoms with Gasteiger partial charge in [-0.2, -0.15) is 0 Å². The summed E-state index contributed by atoms with van der Waals surface area (Å²) in [6.45, 7) is 6.65. The Morgan fingerprint density at radius 3 is 2.94 bits per heavy atom. The Morgan fingerprint density at radius 1 is 1.56 bits per heavy atom. The van der Waals surface area contributed by atoms with Crippen LogP contribution in [0.5, 0.6) is 5.75 Å². The van der Waals surface area contributed by atoms with Gasteiger partial charge >= 0.3 is 5.69 Å². The molecule has 0 aliphatic carbocycles. The zero-order chi connectivity index (χ0) is 13.4. The molecule has 18 heavy (non-hydrogen) atoms. The first-order chi connectivity index (χ1) is 8.70. The number of nitro benzene ring substituents is 1. The molecule has 0 saturated carbocycles. The number of hydrogen-bond donors (Lipinski definition) is 1. The van der Waals surface area contributed by atoms with Crippen molar-refractivity contribution in [3.63, 3.8) is 0 Å². The Morgan fingerprint density at radius 2 is 2.33 bits per heavy atom. The van der Waals surface area contributed by atoms with Crippen molar-refractivity contribution < 1.29 is 9.66 Å². The van der Waals surface area contributed by atoms with Crippen LogP contribution in [0.4, 0.5) is 11.4 Å². The quantitative estimate of drug-likeness (QED) is 0.332. The standard InChI is InChI=1S/C13H18N2O3/c1-3-5-9-14-11-7-6-8-12(18-10-4-2)13(11)15(16)17/h3,6-8,14H,1,4-5,9-10H2,2H3. The lowest BCUT2D eigenvalue weighted by Gasteiger charge is -2.10. The van der Waals surface area contributed by atoms with Gasteiger partial charge in [0.15, 0.2) is 5.75 Å². The van der Waals surface area contributed by atoms with Crippen LogP contribution >= 0.6 is 0 Å². The van der Waals surface area contributed by atoms with Gasteiger partial charge in [0.05, 0.1) is 11.5 Å². The molecule has 0 bridgehead atoms. The summed E-state index contributed by atoms with van der Waals surface area (Å²) >= 11 is 0. The number of nitrogens with zero attached hydrogens (tertiary/aromatic N) is 1. The molecule has 98 valence electrons. The number of nitrogens with one attached hydrogen (secondary N) is 1. The predicted molar refractivity (Wildman–Crippen MR) is 72.2 cm³/mol. The van der Waals surface area contributed by atoms with Gasteiger partial charge in [0.25, 0.3) is 0 Å². The summed E-state index contributed by atoms with van der Waals surface area (Å²) in [7, 11) is 0. The van der Waals surface area contributed by atoms with E-state index in [2.05, 4.69) is 11.9 Å². The van der Waals surface area contributed by atoms with Crippen molar-refractivity contribution in [2.75, 3.05) is 18.5 Å². The van der Waals surface area contributed by atoms with E-state index in [1.807, 2.05) is 6.92 Å². The summed E-state index contributed by atoms with van der Waals surface area (Å²) in [6, 6.07) is 5.04. The molecule has 0 spiro atoms. The summed E-state index contributed by atoms with van der Waals surface area (Å²) in [4.78, 5) is 10.7. The second kappa shape index (κ2) is 7.32. The normalized spacial score (nSPS) is 9.83. The minimum atomic E-state index is -0.415. The van der Waals surface area contributed by atoms with Gasteiger partial charge in [-0.25, -0.2) is 0 Å². The molecular weight excluding hydrogens is 232 g/mol. The molecule has 5 nitrogen and oxygen atoms in total. The maximum atomic E-state index is 11.1. The first-order valence-electron chi connectivity index (χ1n) is 5.95. The summed E-state index contributed by atoms with van der Waals surface area (Å²) in [5.74, 6) is 0.311. The second-order valence-corrected chi connectivity index (χ2v) is 3.76. The minimum Gasteiger partial charge on any atom is -0.487 e. The van der Waals surface area contributed by atoms with Crippen molar-refractivity contribution >= 4 is 11.4 Å². The van der Waals surface area contributed by atoms with Crippen molar-refractivity contribution in [1.29, 1.82) is 0 Å². The maximum absolute atomic E-state index is 11.1. The van der Waals surface area contributed by atoms with E-state index in [0.29, 0.717) is 24.6 Å². The topological polar surface area (TPSA) is 64.4 Å². The van der Waals surface area contributed by atoms with Crippen LogP contribution in [0.2, 0.25) is 0 Å². The first kappa shape index (κ1) is 14.0. The summed E-state index contributed by atoms with van der Waals surface area (Å²) in [5.41, 5.74) is 0.477. The SMILES string of the molecule is C=CCCNc1cccc(OCCC)c1[N+](=O)[O-]. The van der Waals surface area contributed by atoms with Gasteiger partial charge in [0, 0.05) is 6.54 Å². The molecule has 0 fully saturated rings. The van der Waals surface area contributed by atoms with Gasteiger partial charge in [-0.1, -0.05) is 19.1 Å². The Balaban J connectivity index is 2.93. The molecule has 1 N–H and O–H groups in total. The average molecular weight is 250 g/mol. The molecular formula is C13H18N2O3. The highest BCUT2D eigenvalue weighted by atomic mass is 16.6. The molecule has 5 heteroatoms. The molecule has 0 saturated heterocycles. The Bertz CT molecular complexity index is 419. The molecule has 0 amide bonds. The van der Waals surface area contributed by atoms with Crippen LogP contribution in [0.1, 0.15) is 19.8 Å². The summed E-state index contributed by atoms with van der Waals surface area (Å²) in [6.07, 6.45) is 3.32. The second-order valence-electron chi connectivity index (χ2n) is 3.76. The van der Waals surface area contributed by atoms with Crippen LogP contribution in [-0.4, -0.2) is 18.1 Å². The van der Waals surface area contributed by atoms with Crippen LogP contribution in [0.3, 0.4) is 0 Å². The molecule has 0 aromatic heterocycles. The molecule has 0 atom stereocenters. The van der Waals surface area contributed by atoms with Crippen LogP contribution in [0, 0.1) is 10.1 Å². The fourth-order valence-electron chi connectivity index (χ4n) is 1.49. The molecule has 0 aliphatic heterocycles. The third-order valence-electron chi connectivity index (χ3n) is 2.31. The van der Waals surface area contributed by atoms with Crippen molar-refractivity contribution in [3.05, 3.63) is 41.0 Å². The fourth-order valence-corrected chi connectivity index (χ4v) is 1.49. The zero-order valence-corrected chi connectivity index (χ0v) is 10.5. The van der Waals surface area contributed by atoms with E-state index >= 15 is 0 Å². The van der Waals surface area contributed by atoms with Crippen LogP contribution in [0.25, 0.3) is 0 Å². The van der Waals surface area contributed by atoms with Gasteiger partial charge < -0.3 is 10.1 Å². The first-order valence-corrected chi connectivity index (χ1v) is 5.95. The monoisotopic (exact) mass is 250 g/mol. The van der Waals surface area contributed by atoms with Crippen molar-refractivity contribution in [2.45, 2.75) is 19.8 Å². The van der Waals surface area contributed by atoms with Gasteiger partial charge in [-0.15, -0.1) is 6.58 Å². The molecule has 1 rings (SSSR count). The van der Waals surface area contributed by atoms with E-state index < -0.39 is 4.92 Å². The molecule has 0 unspecified atom stereocenters. The lowest BCUT2D eigenvalue weighted by Crippen LogP contribution is -2.06. The van der Waals surface area contributed by atoms with E-state index in [-0.39, 0.29) is 5.69 Å². The van der Waals surface area contributed by atoms with Gasteiger partial charge in [-0.05, 0) is 25.0 Å². The van der Waals surface area contributed by atoms with E-state index in [0.717, 1.165) is 12.8 Å². The number of anilines is 1. The number of hydrogen-bond acceptors (Lipinski definition) is 4. The molecule has 1 aromatic rings. The maximum Gasteiger partial charge on any atom is 0.333 e. The van der Waals surface area contributed by atoms with E-state index in [4.69, 9.17) is 4.74 Å². The highest BCUT2D eigenvalue weighted by Gasteiger charge is 2.20. The number of ether oxygens (including phenoxy) is 1. The molecule has 0 radical (unpaired) electrons. The number of para-hydroxylation sites is 1. The number of rotatable bonds is 8. The number of nitro groups is 1. The van der Waals surface area contributed by atoms with Gasteiger partial charge in [0.2, 0.25) is 0 Å². The predicted octanol–water partition coefficient (Wildman–Crippen LogP) is 3.37. The van der Waals surface area contributed by atoms with Crippen molar-refractivity contribution in [2.24, 2.45) is 0 Å². The lowest BCUT2D eigenvalue weighted by molar-refractivity contribution is -0.385. The van der Waals surface area contributed by atoms with Crippen molar-refractivity contribution in [1.82, 2.24) is 0 Å². The van der Waals surface area contributed by atoms with E-state index in [1.54, 1.807) is 24.3 Å². The molecule has 1 aromatic carbocycles.